The second-order valence-electron chi connectivity index (χ2n) is 4.37. The van der Waals surface area contributed by atoms with E-state index in [2.05, 4.69) is 21.2 Å². The van der Waals surface area contributed by atoms with E-state index in [0.717, 1.165) is 15.7 Å². The van der Waals surface area contributed by atoms with E-state index in [4.69, 9.17) is 10.5 Å². The molecular formula is C15H15BrN2O2. The van der Waals surface area contributed by atoms with Crippen LogP contribution in [0.1, 0.15) is 5.56 Å². The van der Waals surface area contributed by atoms with Gasteiger partial charge in [-0.1, -0.05) is 28.1 Å². The van der Waals surface area contributed by atoms with Gasteiger partial charge in [0, 0.05) is 21.9 Å². The number of benzene rings is 2. The molecule has 0 fully saturated rings. The molecule has 2 aromatic carbocycles. The molecule has 0 aliphatic carbocycles. The van der Waals surface area contributed by atoms with Crippen LogP contribution in [0.3, 0.4) is 0 Å². The average Bonchev–Trinajstić information content (AvgIpc) is 2.41. The van der Waals surface area contributed by atoms with Gasteiger partial charge in [0.1, 0.15) is 5.75 Å². The molecular weight excluding hydrogens is 320 g/mol. The fourth-order valence-corrected chi connectivity index (χ4v) is 2.03. The van der Waals surface area contributed by atoms with Crippen LogP contribution in [0.25, 0.3) is 0 Å². The number of nitrogen functional groups attached to an aromatic ring is 1. The first-order valence-corrected chi connectivity index (χ1v) is 6.88. The summed E-state index contributed by atoms with van der Waals surface area (Å²) in [5.41, 5.74) is 8.00. The van der Waals surface area contributed by atoms with Crippen LogP contribution in [0, 0.1) is 6.92 Å². The van der Waals surface area contributed by atoms with Crippen LogP contribution < -0.4 is 15.8 Å². The first-order chi connectivity index (χ1) is 9.54. The fraction of sp³-hybridized carbons (Fsp3) is 0.133. The SMILES string of the molecule is Cc1ccc(Br)cc1NC(=O)COc1cccc(N)c1. The van der Waals surface area contributed by atoms with Gasteiger partial charge in [-0.3, -0.25) is 4.79 Å². The molecule has 0 aliphatic heterocycles. The monoisotopic (exact) mass is 334 g/mol. The first kappa shape index (κ1) is 14.4. The molecule has 0 heterocycles. The van der Waals surface area contributed by atoms with Crippen molar-refractivity contribution in [2.75, 3.05) is 17.7 Å². The van der Waals surface area contributed by atoms with E-state index < -0.39 is 0 Å². The molecule has 0 aromatic heterocycles. The van der Waals surface area contributed by atoms with E-state index in [-0.39, 0.29) is 12.5 Å². The Balaban J connectivity index is 1.94. The number of rotatable bonds is 4. The fourth-order valence-electron chi connectivity index (χ4n) is 1.67. The Morgan fingerprint density at radius 1 is 1.30 bits per heavy atom. The van der Waals surface area contributed by atoms with Crippen LogP contribution in [-0.4, -0.2) is 12.5 Å². The van der Waals surface area contributed by atoms with Crippen LogP contribution in [0.2, 0.25) is 0 Å². The van der Waals surface area contributed by atoms with Crippen molar-refractivity contribution in [2.24, 2.45) is 0 Å². The minimum absolute atomic E-state index is 0.0601. The molecule has 0 bridgehead atoms. The number of carbonyl (C=O) groups is 1. The summed E-state index contributed by atoms with van der Waals surface area (Å²) in [4.78, 5) is 11.9. The maximum absolute atomic E-state index is 11.9. The Kier molecular flexibility index (Phi) is 4.63. The van der Waals surface area contributed by atoms with E-state index in [1.165, 1.54) is 0 Å². The molecule has 4 nitrogen and oxygen atoms in total. The number of hydrogen-bond donors (Lipinski definition) is 2. The molecule has 3 N–H and O–H groups in total. The van der Waals surface area contributed by atoms with Crippen molar-refractivity contribution >= 4 is 33.2 Å². The zero-order chi connectivity index (χ0) is 14.5. The molecule has 0 aliphatic rings. The van der Waals surface area contributed by atoms with Crippen LogP contribution in [0.4, 0.5) is 11.4 Å². The predicted molar refractivity (Wildman–Crippen MR) is 83.9 cm³/mol. The smallest absolute Gasteiger partial charge is 0.262 e. The number of halogens is 1. The maximum Gasteiger partial charge on any atom is 0.262 e. The van der Waals surface area contributed by atoms with Gasteiger partial charge in [0.25, 0.3) is 5.91 Å². The molecule has 0 unspecified atom stereocenters. The average molecular weight is 335 g/mol. The third-order valence-electron chi connectivity index (χ3n) is 2.70. The van der Waals surface area contributed by atoms with Gasteiger partial charge in [-0.2, -0.15) is 0 Å². The van der Waals surface area contributed by atoms with Crippen molar-refractivity contribution in [3.05, 3.63) is 52.5 Å². The van der Waals surface area contributed by atoms with Crippen molar-refractivity contribution in [1.29, 1.82) is 0 Å². The summed E-state index contributed by atoms with van der Waals surface area (Å²) >= 11 is 3.37. The summed E-state index contributed by atoms with van der Waals surface area (Å²) in [5, 5.41) is 2.81. The Hall–Kier alpha value is -2.01. The zero-order valence-corrected chi connectivity index (χ0v) is 12.6. The molecule has 0 spiro atoms. The Morgan fingerprint density at radius 2 is 2.10 bits per heavy atom. The molecule has 104 valence electrons. The summed E-state index contributed by atoms with van der Waals surface area (Å²) in [7, 11) is 0. The highest BCUT2D eigenvalue weighted by atomic mass is 79.9. The van der Waals surface area contributed by atoms with Gasteiger partial charge in [-0.15, -0.1) is 0 Å². The van der Waals surface area contributed by atoms with E-state index in [9.17, 15) is 4.79 Å². The highest BCUT2D eigenvalue weighted by molar-refractivity contribution is 9.10. The molecule has 5 heteroatoms. The summed E-state index contributed by atoms with van der Waals surface area (Å²) in [5.74, 6) is 0.361. The molecule has 0 radical (unpaired) electrons. The highest BCUT2D eigenvalue weighted by Gasteiger charge is 2.06. The van der Waals surface area contributed by atoms with Gasteiger partial charge >= 0.3 is 0 Å². The molecule has 2 rings (SSSR count). The third kappa shape index (κ3) is 3.99. The summed E-state index contributed by atoms with van der Waals surface area (Å²) < 4.78 is 6.30. The largest absolute Gasteiger partial charge is 0.484 e. The quantitative estimate of drug-likeness (QED) is 0.842. The van der Waals surface area contributed by atoms with Gasteiger partial charge in [0.15, 0.2) is 6.61 Å². The number of amides is 1. The number of hydrogen-bond acceptors (Lipinski definition) is 3. The van der Waals surface area contributed by atoms with Gasteiger partial charge in [0.05, 0.1) is 0 Å². The minimum Gasteiger partial charge on any atom is -0.484 e. The number of carbonyl (C=O) groups excluding carboxylic acids is 1. The zero-order valence-electron chi connectivity index (χ0n) is 11.0. The van der Waals surface area contributed by atoms with Gasteiger partial charge in [0.2, 0.25) is 0 Å². The topological polar surface area (TPSA) is 64.3 Å². The lowest BCUT2D eigenvalue weighted by Crippen LogP contribution is -2.20. The van der Waals surface area contributed by atoms with E-state index in [0.29, 0.717) is 11.4 Å². The number of anilines is 2. The second-order valence-corrected chi connectivity index (χ2v) is 5.28. The normalized spacial score (nSPS) is 10.1. The molecule has 0 saturated carbocycles. The summed E-state index contributed by atoms with van der Waals surface area (Å²) in [6.45, 7) is 1.87. The highest BCUT2D eigenvalue weighted by Crippen LogP contribution is 2.20. The molecule has 0 atom stereocenters. The Labute approximate surface area is 126 Å². The summed E-state index contributed by atoms with van der Waals surface area (Å²) in [6, 6.07) is 12.7. The van der Waals surface area contributed by atoms with E-state index >= 15 is 0 Å². The minimum atomic E-state index is -0.214. The molecule has 2 aromatic rings. The Morgan fingerprint density at radius 3 is 2.85 bits per heavy atom. The maximum atomic E-state index is 11.9. The van der Waals surface area contributed by atoms with Gasteiger partial charge in [-0.05, 0) is 36.8 Å². The van der Waals surface area contributed by atoms with E-state index in [1.807, 2.05) is 25.1 Å². The lowest BCUT2D eigenvalue weighted by atomic mass is 10.2. The van der Waals surface area contributed by atoms with Crippen LogP contribution in [-0.2, 0) is 4.79 Å². The molecule has 20 heavy (non-hydrogen) atoms. The van der Waals surface area contributed by atoms with Crippen LogP contribution in [0.5, 0.6) is 5.75 Å². The van der Waals surface area contributed by atoms with Gasteiger partial charge < -0.3 is 15.8 Å². The number of ether oxygens (including phenoxy) is 1. The van der Waals surface area contributed by atoms with Crippen molar-refractivity contribution < 1.29 is 9.53 Å². The standard InChI is InChI=1S/C15H15BrN2O2/c1-10-5-6-11(16)7-14(10)18-15(19)9-20-13-4-2-3-12(17)8-13/h2-8H,9,17H2,1H3,(H,18,19). The third-order valence-corrected chi connectivity index (χ3v) is 3.19. The van der Waals surface area contributed by atoms with Crippen molar-refractivity contribution in [2.45, 2.75) is 6.92 Å². The van der Waals surface area contributed by atoms with E-state index in [1.54, 1.807) is 24.3 Å². The van der Waals surface area contributed by atoms with Crippen LogP contribution >= 0.6 is 15.9 Å². The second kappa shape index (κ2) is 6.43. The van der Waals surface area contributed by atoms with Crippen molar-refractivity contribution in [3.8, 4) is 5.75 Å². The summed E-state index contributed by atoms with van der Waals surface area (Å²) in [6.07, 6.45) is 0. The van der Waals surface area contributed by atoms with Crippen molar-refractivity contribution in [3.63, 3.8) is 0 Å². The molecule has 1 amide bonds. The first-order valence-electron chi connectivity index (χ1n) is 6.09. The number of nitrogens with one attached hydrogen (secondary N) is 1. The lowest BCUT2D eigenvalue weighted by Gasteiger charge is -2.10. The van der Waals surface area contributed by atoms with Crippen LogP contribution in [0.15, 0.2) is 46.9 Å². The number of nitrogens with two attached hydrogens (primary N) is 1. The Bertz CT molecular complexity index is 629. The molecule has 0 saturated heterocycles. The lowest BCUT2D eigenvalue weighted by molar-refractivity contribution is -0.118. The van der Waals surface area contributed by atoms with Crippen molar-refractivity contribution in [1.82, 2.24) is 0 Å². The number of aryl methyl sites for hydroxylation is 1. The van der Waals surface area contributed by atoms with Gasteiger partial charge in [-0.25, -0.2) is 0 Å². The predicted octanol–water partition coefficient (Wildman–Crippen LogP) is 3.36.